The molecule has 0 radical (unpaired) electrons. The zero-order chi connectivity index (χ0) is 15.6. The van der Waals surface area contributed by atoms with Gasteiger partial charge in [-0.15, -0.1) is 0 Å². The first kappa shape index (κ1) is 15.8. The van der Waals surface area contributed by atoms with Gasteiger partial charge >= 0.3 is 6.61 Å². The third-order valence-electron chi connectivity index (χ3n) is 2.52. The van der Waals surface area contributed by atoms with Crippen LogP contribution >= 0.6 is 27.5 Å². The molecule has 112 valence electrons. The van der Waals surface area contributed by atoms with Gasteiger partial charge in [-0.05, 0) is 18.2 Å². The Hall–Kier alpha value is -1.60. The van der Waals surface area contributed by atoms with Crippen LogP contribution in [0.4, 0.5) is 30.2 Å². The monoisotopic (exact) mass is 380 g/mol. The number of hydrogen-bond donors (Lipinski definition) is 2. The average Bonchev–Trinajstić information content (AvgIpc) is 2.39. The Balaban J connectivity index is 2.37. The second-order valence-electron chi connectivity index (χ2n) is 4.00. The highest BCUT2D eigenvalue weighted by Crippen LogP contribution is 2.34. The quantitative estimate of drug-likeness (QED) is 0.718. The Kier molecular flexibility index (Phi) is 4.84. The van der Waals surface area contributed by atoms with Gasteiger partial charge in [0.25, 0.3) is 0 Å². The van der Waals surface area contributed by atoms with E-state index in [0.717, 1.165) is 16.6 Å². The largest absolute Gasteiger partial charge is 0.432 e. The van der Waals surface area contributed by atoms with Gasteiger partial charge in [-0.25, -0.2) is 4.39 Å². The van der Waals surface area contributed by atoms with Crippen LogP contribution in [0.25, 0.3) is 0 Å². The number of anilines is 3. The summed E-state index contributed by atoms with van der Waals surface area (Å²) in [5, 5.41) is 3.23. The highest BCUT2D eigenvalue weighted by molar-refractivity contribution is 9.10. The maximum absolute atomic E-state index is 13.5. The van der Waals surface area contributed by atoms with Crippen LogP contribution in [0.1, 0.15) is 0 Å². The molecule has 0 aliphatic carbocycles. The first-order valence-corrected chi connectivity index (χ1v) is 6.80. The van der Waals surface area contributed by atoms with Crippen molar-refractivity contribution in [1.82, 2.24) is 0 Å². The summed E-state index contributed by atoms with van der Waals surface area (Å²) in [7, 11) is 0. The number of benzene rings is 2. The van der Waals surface area contributed by atoms with Gasteiger partial charge in [0.05, 0.1) is 22.1 Å². The lowest BCUT2D eigenvalue weighted by atomic mass is 10.2. The molecule has 8 heteroatoms. The zero-order valence-corrected chi connectivity index (χ0v) is 12.7. The van der Waals surface area contributed by atoms with Crippen molar-refractivity contribution in [2.24, 2.45) is 0 Å². The highest BCUT2D eigenvalue weighted by atomic mass is 79.9. The van der Waals surface area contributed by atoms with E-state index < -0.39 is 18.2 Å². The minimum absolute atomic E-state index is 0.0326. The predicted molar refractivity (Wildman–Crippen MR) is 79.9 cm³/mol. The van der Waals surface area contributed by atoms with Gasteiger partial charge in [-0.1, -0.05) is 27.5 Å². The van der Waals surface area contributed by atoms with Crippen LogP contribution in [0, 0.1) is 5.82 Å². The SMILES string of the molecule is Nc1cc(F)c(OC(F)F)cc1Nc1cc(Br)ccc1Cl. The fourth-order valence-corrected chi connectivity index (χ4v) is 2.13. The number of nitrogens with two attached hydrogens (primary N) is 1. The molecule has 0 aliphatic rings. The van der Waals surface area contributed by atoms with Crippen LogP contribution in [0.15, 0.2) is 34.8 Å². The molecule has 3 nitrogen and oxygen atoms in total. The molecule has 0 aliphatic heterocycles. The van der Waals surface area contributed by atoms with Gasteiger partial charge in [0, 0.05) is 16.6 Å². The number of hydrogen-bond acceptors (Lipinski definition) is 3. The molecule has 2 aromatic carbocycles. The summed E-state index contributed by atoms with van der Waals surface area (Å²) in [6.45, 7) is -3.13. The first-order valence-electron chi connectivity index (χ1n) is 5.62. The van der Waals surface area contributed by atoms with Crippen LogP contribution in [0.2, 0.25) is 5.02 Å². The van der Waals surface area contributed by atoms with Crippen LogP contribution in [0.5, 0.6) is 5.75 Å². The van der Waals surface area contributed by atoms with Crippen molar-refractivity contribution in [1.29, 1.82) is 0 Å². The van der Waals surface area contributed by atoms with Crippen molar-refractivity contribution < 1.29 is 17.9 Å². The minimum Gasteiger partial charge on any atom is -0.432 e. The van der Waals surface area contributed by atoms with Crippen molar-refractivity contribution in [3.05, 3.63) is 45.6 Å². The highest BCUT2D eigenvalue weighted by Gasteiger charge is 2.14. The summed E-state index contributed by atoms with van der Waals surface area (Å²) in [4.78, 5) is 0. The Morgan fingerprint density at radius 3 is 2.57 bits per heavy atom. The molecular weight excluding hydrogens is 373 g/mol. The molecule has 0 saturated heterocycles. The third-order valence-corrected chi connectivity index (χ3v) is 3.34. The maximum atomic E-state index is 13.5. The van der Waals surface area contributed by atoms with E-state index in [1.807, 2.05) is 0 Å². The molecule has 0 bridgehead atoms. The summed E-state index contributed by atoms with van der Waals surface area (Å²) >= 11 is 9.28. The summed E-state index contributed by atoms with van der Waals surface area (Å²) in [5.74, 6) is -1.58. The second-order valence-corrected chi connectivity index (χ2v) is 5.32. The van der Waals surface area contributed by atoms with E-state index in [-0.39, 0.29) is 11.4 Å². The molecular formula is C13H9BrClF3N2O. The number of nitrogens with one attached hydrogen (secondary N) is 1. The van der Waals surface area contributed by atoms with Crippen molar-refractivity contribution in [2.45, 2.75) is 6.61 Å². The van der Waals surface area contributed by atoms with Gasteiger partial charge in [-0.3, -0.25) is 0 Å². The van der Waals surface area contributed by atoms with Crippen molar-refractivity contribution in [3.63, 3.8) is 0 Å². The predicted octanol–water partition coefficient (Wildman–Crippen LogP) is 5.17. The van der Waals surface area contributed by atoms with Gasteiger partial charge < -0.3 is 15.8 Å². The smallest absolute Gasteiger partial charge is 0.387 e. The Morgan fingerprint density at radius 1 is 1.19 bits per heavy atom. The van der Waals surface area contributed by atoms with Gasteiger partial charge in [0.1, 0.15) is 0 Å². The molecule has 3 N–H and O–H groups in total. The lowest BCUT2D eigenvalue weighted by Gasteiger charge is -2.14. The number of nitrogen functional groups attached to an aromatic ring is 1. The second kappa shape index (κ2) is 6.44. The summed E-state index contributed by atoms with van der Waals surface area (Å²) < 4.78 is 42.7. The van der Waals surface area contributed by atoms with Crippen molar-refractivity contribution >= 4 is 44.6 Å². The molecule has 2 aromatic rings. The topological polar surface area (TPSA) is 47.3 Å². The van der Waals surface area contributed by atoms with Gasteiger partial charge in [-0.2, -0.15) is 8.78 Å². The van der Waals surface area contributed by atoms with E-state index in [1.54, 1.807) is 18.2 Å². The van der Waals surface area contributed by atoms with Crippen molar-refractivity contribution in [2.75, 3.05) is 11.1 Å². The molecule has 0 heterocycles. The molecule has 0 fully saturated rings. The van der Waals surface area contributed by atoms with Crippen LogP contribution in [-0.4, -0.2) is 6.61 Å². The Morgan fingerprint density at radius 2 is 1.90 bits per heavy atom. The molecule has 0 saturated carbocycles. The van der Waals surface area contributed by atoms with E-state index in [4.69, 9.17) is 17.3 Å². The van der Waals surface area contributed by atoms with Crippen LogP contribution in [0.3, 0.4) is 0 Å². The standard InChI is InChI=1S/C13H9BrClF3N2O/c14-6-1-2-7(15)10(3-6)20-11-5-12(21-13(17)18)8(16)4-9(11)19/h1-5,13,20H,19H2. The van der Waals surface area contributed by atoms with Gasteiger partial charge in [0.2, 0.25) is 0 Å². The fourth-order valence-electron chi connectivity index (χ4n) is 1.60. The maximum Gasteiger partial charge on any atom is 0.387 e. The number of rotatable bonds is 4. The number of halogens is 5. The van der Waals surface area contributed by atoms with E-state index in [2.05, 4.69) is 26.0 Å². The zero-order valence-electron chi connectivity index (χ0n) is 10.3. The average molecular weight is 382 g/mol. The number of ether oxygens (including phenoxy) is 1. The number of alkyl halides is 2. The molecule has 0 aromatic heterocycles. The molecule has 0 unspecified atom stereocenters. The van der Waals surface area contributed by atoms with E-state index in [0.29, 0.717) is 10.7 Å². The van der Waals surface area contributed by atoms with Gasteiger partial charge in [0.15, 0.2) is 11.6 Å². The van der Waals surface area contributed by atoms with E-state index >= 15 is 0 Å². The Labute approximate surface area is 132 Å². The summed E-state index contributed by atoms with van der Waals surface area (Å²) in [6, 6.07) is 6.97. The van der Waals surface area contributed by atoms with E-state index in [1.165, 1.54) is 0 Å². The molecule has 0 atom stereocenters. The molecule has 0 amide bonds. The minimum atomic E-state index is -3.13. The molecule has 2 rings (SSSR count). The first-order chi connectivity index (χ1) is 9.86. The molecule has 0 spiro atoms. The lowest BCUT2D eigenvalue weighted by molar-refractivity contribution is -0.0521. The van der Waals surface area contributed by atoms with Crippen molar-refractivity contribution in [3.8, 4) is 5.75 Å². The van der Waals surface area contributed by atoms with E-state index in [9.17, 15) is 13.2 Å². The normalized spacial score (nSPS) is 10.8. The fraction of sp³-hybridized carbons (Fsp3) is 0.0769. The third kappa shape index (κ3) is 3.95. The summed E-state index contributed by atoms with van der Waals surface area (Å²) in [6.07, 6.45) is 0. The summed E-state index contributed by atoms with van der Waals surface area (Å²) in [5.41, 5.74) is 6.37. The van der Waals surface area contributed by atoms with Crippen LogP contribution in [-0.2, 0) is 0 Å². The Bertz CT molecular complexity index is 670. The molecule has 21 heavy (non-hydrogen) atoms. The lowest BCUT2D eigenvalue weighted by Crippen LogP contribution is -2.06. The van der Waals surface area contributed by atoms with Crippen LogP contribution < -0.4 is 15.8 Å².